The van der Waals surface area contributed by atoms with E-state index in [1.165, 1.54) is 0 Å². The molecule has 0 spiro atoms. The number of halogens is 1. The lowest BCUT2D eigenvalue weighted by molar-refractivity contribution is -0.116. The molecule has 1 N–H and O–H groups in total. The molecule has 0 aliphatic heterocycles. The van der Waals surface area contributed by atoms with E-state index in [1.807, 2.05) is 13.0 Å². The van der Waals surface area contributed by atoms with Gasteiger partial charge in [0.1, 0.15) is 11.5 Å². The third-order valence-corrected chi connectivity index (χ3v) is 3.34. The third-order valence-electron chi connectivity index (χ3n) is 2.93. The van der Waals surface area contributed by atoms with Gasteiger partial charge in [-0.3, -0.25) is 4.79 Å². The van der Waals surface area contributed by atoms with Gasteiger partial charge in [0, 0.05) is 23.9 Å². The molecule has 1 amide bonds. The number of amides is 1. The summed E-state index contributed by atoms with van der Waals surface area (Å²) >= 11 is 6.02. The number of furan rings is 1. The number of nitrogens with one attached hydrogen (secondary N) is 1. The van der Waals surface area contributed by atoms with E-state index in [1.54, 1.807) is 31.6 Å². The molecule has 0 radical (unpaired) electrons. The van der Waals surface area contributed by atoms with Gasteiger partial charge >= 0.3 is 0 Å². The Bertz CT molecular complexity index is 593. The number of aryl methyl sites for hydroxylation is 2. The van der Waals surface area contributed by atoms with Crippen LogP contribution in [0.5, 0.6) is 5.75 Å². The van der Waals surface area contributed by atoms with Crippen LogP contribution in [0.3, 0.4) is 0 Å². The number of hydrogen-bond donors (Lipinski definition) is 1. The topological polar surface area (TPSA) is 51.5 Å². The molecule has 0 aliphatic rings. The van der Waals surface area contributed by atoms with E-state index in [-0.39, 0.29) is 5.91 Å². The minimum absolute atomic E-state index is 0.0959. The normalized spacial score (nSPS) is 10.3. The zero-order valence-electron chi connectivity index (χ0n) is 11.4. The first kappa shape index (κ1) is 14.5. The molecule has 0 saturated carbocycles. The maximum atomic E-state index is 11.9. The van der Waals surface area contributed by atoms with Crippen molar-refractivity contribution in [3.8, 4) is 5.75 Å². The summed E-state index contributed by atoms with van der Waals surface area (Å²) in [4.78, 5) is 11.9. The summed E-state index contributed by atoms with van der Waals surface area (Å²) in [7, 11) is 1.54. The van der Waals surface area contributed by atoms with Crippen LogP contribution in [0.4, 0.5) is 5.69 Å². The van der Waals surface area contributed by atoms with Gasteiger partial charge in [0.25, 0.3) is 0 Å². The second-order valence-corrected chi connectivity index (χ2v) is 4.84. The molecular formula is C15H16ClNO3. The van der Waals surface area contributed by atoms with Gasteiger partial charge in [0.2, 0.25) is 5.91 Å². The van der Waals surface area contributed by atoms with Crippen LogP contribution in [0.25, 0.3) is 0 Å². The van der Waals surface area contributed by atoms with E-state index in [4.69, 9.17) is 20.8 Å². The Balaban J connectivity index is 2.01. The molecule has 4 nitrogen and oxygen atoms in total. The number of carbonyl (C=O) groups is 1. The van der Waals surface area contributed by atoms with Crippen molar-refractivity contribution in [3.05, 3.63) is 46.9 Å². The standard InChI is InChI=1S/C15H16ClNO3/c1-10-8-13(14(19-2)9-12(10)16)17-15(18)6-5-11-4-3-7-20-11/h3-4,7-9H,5-6H2,1-2H3,(H,17,18). The summed E-state index contributed by atoms with van der Waals surface area (Å²) in [6.45, 7) is 1.88. The summed E-state index contributed by atoms with van der Waals surface area (Å²) in [5.41, 5.74) is 1.51. The monoisotopic (exact) mass is 293 g/mol. The highest BCUT2D eigenvalue weighted by Gasteiger charge is 2.11. The van der Waals surface area contributed by atoms with Crippen molar-refractivity contribution in [2.45, 2.75) is 19.8 Å². The maximum absolute atomic E-state index is 11.9. The molecule has 106 valence electrons. The number of ether oxygens (including phenoxy) is 1. The van der Waals surface area contributed by atoms with Crippen molar-refractivity contribution in [2.24, 2.45) is 0 Å². The molecule has 0 bridgehead atoms. The van der Waals surface area contributed by atoms with Crippen molar-refractivity contribution < 1.29 is 13.9 Å². The molecule has 2 rings (SSSR count). The highest BCUT2D eigenvalue weighted by Crippen LogP contribution is 2.31. The summed E-state index contributed by atoms with van der Waals surface area (Å²) in [5.74, 6) is 1.24. The predicted octanol–water partition coefficient (Wildman–Crippen LogP) is 3.82. The Morgan fingerprint density at radius 2 is 2.25 bits per heavy atom. The maximum Gasteiger partial charge on any atom is 0.224 e. The van der Waals surface area contributed by atoms with Gasteiger partial charge in [-0.15, -0.1) is 0 Å². The molecule has 0 fully saturated rings. The number of methoxy groups -OCH3 is 1. The van der Waals surface area contributed by atoms with Gasteiger partial charge in [-0.25, -0.2) is 0 Å². The van der Waals surface area contributed by atoms with Crippen molar-refractivity contribution in [1.82, 2.24) is 0 Å². The molecule has 1 heterocycles. The largest absolute Gasteiger partial charge is 0.495 e. The molecule has 1 aromatic carbocycles. The summed E-state index contributed by atoms with van der Waals surface area (Å²) in [5, 5.41) is 3.43. The van der Waals surface area contributed by atoms with E-state index >= 15 is 0 Å². The molecule has 0 aliphatic carbocycles. The average Bonchev–Trinajstić information content (AvgIpc) is 2.93. The van der Waals surface area contributed by atoms with E-state index < -0.39 is 0 Å². The highest BCUT2D eigenvalue weighted by molar-refractivity contribution is 6.31. The predicted molar refractivity (Wildman–Crippen MR) is 78.4 cm³/mol. The summed E-state index contributed by atoms with van der Waals surface area (Å²) in [6, 6.07) is 7.14. The highest BCUT2D eigenvalue weighted by atomic mass is 35.5. The first-order chi connectivity index (χ1) is 9.60. The van der Waals surface area contributed by atoms with E-state index in [9.17, 15) is 4.79 Å². The molecule has 20 heavy (non-hydrogen) atoms. The minimum Gasteiger partial charge on any atom is -0.495 e. The van der Waals surface area contributed by atoms with Crippen LogP contribution in [0.15, 0.2) is 34.9 Å². The molecule has 1 aromatic heterocycles. The number of carbonyl (C=O) groups excluding carboxylic acids is 1. The zero-order valence-corrected chi connectivity index (χ0v) is 12.2. The van der Waals surface area contributed by atoms with Crippen molar-refractivity contribution in [1.29, 1.82) is 0 Å². The fourth-order valence-corrected chi connectivity index (χ4v) is 1.99. The quantitative estimate of drug-likeness (QED) is 0.911. The van der Waals surface area contributed by atoms with Gasteiger partial charge < -0.3 is 14.5 Å². The Morgan fingerprint density at radius 1 is 1.45 bits per heavy atom. The number of benzene rings is 1. The van der Waals surface area contributed by atoms with Gasteiger partial charge in [-0.1, -0.05) is 11.6 Å². The zero-order chi connectivity index (χ0) is 14.5. The SMILES string of the molecule is COc1cc(Cl)c(C)cc1NC(=O)CCc1ccco1. The molecule has 0 saturated heterocycles. The number of rotatable bonds is 5. The summed E-state index contributed by atoms with van der Waals surface area (Å²) < 4.78 is 10.4. The van der Waals surface area contributed by atoms with Crippen LogP contribution in [-0.4, -0.2) is 13.0 Å². The van der Waals surface area contributed by atoms with Crippen LogP contribution in [0.1, 0.15) is 17.7 Å². The molecular weight excluding hydrogens is 278 g/mol. The third kappa shape index (κ3) is 3.54. The second-order valence-electron chi connectivity index (χ2n) is 4.43. The van der Waals surface area contributed by atoms with Crippen molar-refractivity contribution >= 4 is 23.2 Å². The first-order valence-electron chi connectivity index (χ1n) is 6.26. The van der Waals surface area contributed by atoms with Crippen LogP contribution in [0.2, 0.25) is 5.02 Å². The Morgan fingerprint density at radius 3 is 2.90 bits per heavy atom. The fourth-order valence-electron chi connectivity index (χ4n) is 1.83. The molecule has 2 aromatic rings. The molecule has 5 heteroatoms. The Hall–Kier alpha value is -1.94. The van der Waals surface area contributed by atoms with Crippen LogP contribution in [-0.2, 0) is 11.2 Å². The van der Waals surface area contributed by atoms with E-state index in [2.05, 4.69) is 5.32 Å². The Labute approximate surface area is 122 Å². The fraction of sp³-hybridized carbons (Fsp3) is 0.267. The first-order valence-corrected chi connectivity index (χ1v) is 6.64. The van der Waals surface area contributed by atoms with Crippen molar-refractivity contribution in [2.75, 3.05) is 12.4 Å². The van der Waals surface area contributed by atoms with E-state index in [0.29, 0.717) is 29.3 Å². The van der Waals surface area contributed by atoms with Gasteiger partial charge in [-0.2, -0.15) is 0 Å². The lowest BCUT2D eigenvalue weighted by Crippen LogP contribution is -2.13. The molecule has 0 unspecified atom stereocenters. The number of hydrogen-bond acceptors (Lipinski definition) is 3. The summed E-state index contributed by atoms with van der Waals surface area (Å²) in [6.07, 6.45) is 2.50. The van der Waals surface area contributed by atoms with Gasteiger partial charge in [0.15, 0.2) is 0 Å². The van der Waals surface area contributed by atoms with Gasteiger partial charge in [0.05, 0.1) is 19.1 Å². The minimum atomic E-state index is -0.0959. The Kier molecular flexibility index (Phi) is 4.69. The van der Waals surface area contributed by atoms with E-state index in [0.717, 1.165) is 11.3 Å². The number of anilines is 1. The molecule has 0 atom stereocenters. The second kappa shape index (κ2) is 6.48. The van der Waals surface area contributed by atoms with Crippen molar-refractivity contribution in [3.63, 3.8) is 0 Å². The average molecular weight is 294 g/mol. The lowest BCUT2D eigenvalue weighted by atomic mass is 10.2. The van der Waals surface area contributed by atoms with Crippen LogP contribution < -0.4 is 10.1 Å². The smallest absolute Gasteiger partial charge is 0.224 e. The lowest BCUT2D eigenvalue weighted by Gasteiger charge is -2.12. The van der Waals surface area contributed by atoms with Crippen LogP contribution >= 0.6 is 11.6 Å². The van der Waals surface area contributed by atoms with Gasteiger partial charge in [-0.05, 0) is 30.7 Å². The van der Waals surface area contributed by atoms with Crippen LogP contribution in [0, 0.1) is 6.92 Å².